The van der Waals surface area contributed by atoms with Crippen molar-refractivity contribution in [1.82, 2.24) is 5.16 Å². The van der Waals surface area contributed by atoms with Gasteiger partial charge in [-0.2, -0.15) is 0 Å². The van der Waals surface area contributed by atoms with Crippen molar-refractivity contribution in [3.05, 3.63) is 42.2 Å². The van der Waals surface area contributed by atoms with Gasteiger partial charge in [0.05, 0.1) is 4.90 Å². The van der Waals surface area contributed by atoms with Crippen LogP contribution in [0.1, 0.15) is 26.5 Å². The van der Waals surface area contributed by atoms with Gasteiger partial charge in [0.1, 0.15) is 5.76 Å². The van der Waals surface area contributed by atoms with Gasteiger partial charge in [-0.3, -0.25) is 4.72 Å². The molecule has 0 unspecified atom stereocenters. The van der Waals surface area contributed by atoms with E-state index < -0.39 is 10.0 Å². The molecule has 1 aromatic carbocycles. The van der Waals surface area contributed by atoms with Crippen LogP contribution in [0.25, 0.3) is 0 Å². The number of benzene rings is 1. The standard InChI is InChI=1S/C13H16N2O3S/c1-13(2,3)11-9-12(14-18-11)15-19(16,17)10-7-5-4-6-8-10/h4-9H,1-3H3,(H,14,15). The number of anilines is 1. The normalized spacial score (nSPS) is 12.4. The minimum Gasteiger partial charge on any atom is -0.359 e. The second-order valence-electron chi connectivity index (χ2n) is 5.24. The predicted octanol–water partition coefficient (Wildman–Crippen LogP) is 2.77. The van der Waals surface area contributed by atoms with Crippen LogP contribution in [-0.2, 0) is 15.4 Å². The maximum atomic E-state index is 12.1. The van der Waals surface area contributed by atoms with E-state index in [9.17, 15) is 8.42 Å². The zero-order valence-corrected chi connectivity index (χ0v) is 11.9. The highest BCUT2D eigenvalue weighted by molar-refractivity contribution is 7.92. The minimum absolute atomic E-state index is 0.189. The lowest BCUT2D eigenvalue weighted by atomic mass is 9.93. The van der Waals surface area contributed by atoms with Gasteiger partial charge >= 0.3 is 0 Å². The Labute approximate surface area is 112 Å². The van der Waals surface area contributed by atoms with E-state index in [0.717, 1.165) is 0 Å². The molecule has 0 fully saturated rings. The summed E-state index contributed by atoms with van der Waals surface area (Å²) in [5, 5.41) is 3.73. The van der Waals surface area contributed by atoms with Gasteiger partial charge in [0.25, 0.3) is 10.0 Å². The van der Waals surface area contributed by atoms with Crippen LogP contribution in [0.15, 0.2) is 45.8 Å². The molecule has 6 heteroatoms. The zero-order valence-electron chi connectivity index (χ0n) is 11.0. The summed E-state index contributed by atoms with van der Waals surface area (Å²) in [4.78, 5) is 0.190. The zero-order chi connectivity index (χ0) is 14.1. The van der Waals surface area contributed by atoms with Gasteiger partial charge in [0.2, 0.25) is 0 Å². The molecule has 0 spiro atoms. The summed E-state index contributed by atoms with van der Waals surface area (Å²) in [5.41, 5.74) is -0.219. The average molecular weight is 280 g/mol. The summed E-state index contributed by atoms with van der Waals surface area (Å²) in [6, 6.07) is 9.73. The van der Waals surface area contributed by atoms with E-state index >= 15 is 0 Å². The van der Waals surface area contributed by atoms with Crippen molar-refractivity contribution >= 4 is 15.8 Å². The predicted molar refractivity (Wildman–Crippen MR) is 72.5 cm³/mol. The molecule has 0 saturated carbocycles. The quantitative estimate of drug-likeness (QED) is 0.938. The molecule has 1 aromatic heterocycles. The third-order valence-corrected chi connectivity index (χ3v) is 3.91. The maximum absolute atomic E-state index is 12.1. The van der Waals surface area contributed by atoms with Crippen molar-refractivity contribution in [2.24, 2.45) is 0 Å². The van der Waals surface area contributed by atoms with Crippen molar-refractivity contribution in [3.63, 3.8) is 0 Å². The fourth-order valence-corrected chi connectivity index (χ4v) is 2.48. The number of sulfonamides is 1. The summed E-state index contributed by atoms with van der Waals surface area (Å²) < 4.78 is 31.7. The molecule has 102 valence electrons. The summed E-state index contributed by atoms with van der Waals surface area (Å²) in [6.07, 6.45) is 0. The lowest BCUT2D eigenvalue weighted by Gasteiger charge is -2.12. The van der Waals surface area contributed by atoms with Crippen molar-refractivity contribution in [2.75, 3.05) is 4.72 Å². The molecule has 2 rings (SSSR count). The molecule has 2 aromatic rings. The summed E-state index contributed by atoms with van der Waals surface area (Å²) in [6.45, 7) is 5.88. The van der Waals surface area contributed by atoms with Crippen LogP contribution >= 0.6 is 0 Å². The fraction of sp³-hybridized carbons (Fsp3) is 0.308. The van der Waals surface area contributed by atoms with Crippen molar-refractivity contribution in [3.8, 4) is 0 Å². The van der Waals surface area contributed by atoms with Crippen molar-refractivity contribution in [1.29, 1.82) is 0 Å². The van der Waals surface area contributed by atoms with Gasteiger partial charge in [-0.25, -0.2) is 8.42 Å². The molecule has 0 atom stereocenters. The number of nitrogens with one attached hydrogen (secondary N) is 1. The van der Waals surface area contributed by atoms with Gasteiger partial charge in [-0.05, 0) is 12.1 Å². The largest absolute Gasteiger partial charge is 0.359 e. The van der Waals surface area contributed by atoms with Crippen LogP contribution in [0.5, 0.6) is 0 Å². The monoisotopic (exact) mass is 280 g/mol. The molecule has 1 N–H and O–H groups in total. The maximum Gasteiger partial charge on any atom is 0.263 e. The summed E-state index contributed by atoms with van der Waals surface area (Å²) >= 11 is 0. The number of rotatable bonds is 3. The SMILES string of the molecule is CC(C)(C)c1cc(NS(=O)(=O)c2ccccc2)no1. The highest BCUT2D eigenvalue weighted by atomic mass is 32.2. The van der Waals surface area contributed by atoms with Crippen LogP contribution < -0.4 is 4.72 Å². The molecule has 0 aliphatic heterocycles. The van der Waals surface area contributed by atoms with Gasteiger partial charge in [0, 0.05) is 11.5 Å². The summed E-state index contributed by atoms with van der Waals surface area (Å²) in [7, 11) is -3.62. The topological polar surface area (TPSA) is 72.2 Å². The number of hydrogen-bond acceptors (Lipinski definition) is 4. The Hall–Kier alpha value is -1.82. The molecule has 1 heterocycles. The van der Waals surface area contributed by atoms with E-state index in [-0.39, 0.29) is 16.1 Å². The molecule has 0 saturated heterocycles. The Morgan fingerprint density at radius 2 is 1.79 bits per heavy atom. The molecule has 0 amide bonds. The average Bonchev–Trinajstić information content (AvgIpc) is 2.78. The van der Waals surface area contributed by atoms with Gasteiger partial charge in [-0.15, -0.1) is 0 Å². The van der Waals surface area contributed by atoms with E-state index in [0.29, 0.717) is 5.76 Å². The van der Waals surface area contributed by atoms with E-state index in [1.807, 2.05) is 20.8 Å². The van der Waals surface area contributed by atoms with Crippen molar-refractivity contribution in [2.45, 2.75) is 31.1 Å². The number of aromatic nitrogens is 1. The van der Waals surface area contributed by atoms with Crippen LogP contribution in [0.4, 0.5) is 5.82 Å². The highest BCUT2D eigenvalue weighted by Gasteiger charge is 2.22. The number of hydrogen-bond donors (Lipinski definition) is 1. The van der Waals surface area contributed by atoms with Gasteiger partial charge in [0.15, 0.2) is 5.82 Å². The molecular formula is C13H16N2O3S. The Balaban J connectivity index is 2.25. The smallest absolute Gasteiger partial charge is 0.263 e. The third-order valence-electron chi connectivity index (χ3n) is 2.54. The Kier molecular flexibility index (Phi) is 3.36. The second-order valence-corrected chi connectivity index (χ2v) is 6.93. The molecular weight excluding hydrogens is 264 g/mol. The van der Waals surface area contributed by atoms with Crippen LogP contribution in [-0.4, -0.2) is 13.6 Å². The van der Waals surface area contributed by atoms with E-state index in [2.05, 4.69) is 9.88 Å². The van der Waals surface area contributed by atoms with E-state index in [4.69, 9.17) is 4.52 Å². The lowest BCUT2D eigenvalue weighted by Crippen LogP contribution is -2.13. The Morgan fingerprint density at radius 1 is 1.16 bits per heavy atom. The van der Waals surface area contributed by atoms with Crippen LogP contribution in [0.2, 0.25) is 0 Å². The fourth-order valence-electron chi connectivity index (χ4n) is 1.47. The Morgan fingerprint density at radius 3 is 2.32 bits per heavy atom. The molecule has 0 aliphatic carbocycles. The van der Waals surface area contributed by atoms with Gasteiger partial charge < -0.3 is 4.52 Å². The lowest BCUT2D eigenvalue weighted by molar-refractivity contribution is 0.331. The van der Waals surface area contributed by atoms with Crippen molar-refractivity contribution < 1.29 is 12.9 Å². The first-order chi connectivity index (χ1) is 8.79. The molecule has 19 heavy (non-hydrogen) atoms. The van der Waals surface area contributed by atoms with Crippen LogP contribution in [0.3, 0.4) is 0 Å². The van der Waals surface area contributed by atoms with E-state index in [1.54, 1.807) is 24.3 Å². The first-order valence-corrected chi connectivity index (χ1v) is 7.32. The molecule has 0 aliphatic rings. The summed E-state index contributed by atoms with van der Waals surface area (Å²) in [5.74, 6) is 0.812. The minimum atomic E-state index is -3.62. The second kappa shape index (κ2) is 4.70. The van der Waals surface area contributed by atoms with Gasteiger partial charge in [-0.1, -0.05) is 44.1 Å². The number of nitrogens with zero attached hydrogens (tertiary/aromatic N) is 1. The molecule has 5 nitrogen and oxygen atoms in total. The first kappa shape index (κ1) is 13.6. The molecule has 0 bridgehead atoms. The highest BCUT2D eigenvalue weighted by Crippen LogP contribution is 2.25. The first-order valence-electron chi connectivity index (χ1n) is 5.84. The van der Waals surface area contributed by atoms with Crippen LogP contribution in [0, 0.1) is 0 Å². The third kappa shape index (κ3) is 3.14. The van der Waals surface area contributed by atoms with E-state index in [1.165, 1.54) is 12.1 Å². The molecule has 0 radical (unpaired) electrons. The Bertz CT molecular complexity index is 655.